The number of thiophene rings is 1. The molecule has 1 amide bonds. The maximum absolute atomic E-state index is 12.6. The van der Waals surface area contributed by atoms with Gasteiger partial charge < -0.3 is 19.5 Å². The Bertz CT molecular complexity index is 1000. The number of carbonyl (C=O) groups is 3. The van der Waals surface area contributed by atoms with E-state index in [9.17, 15) is 14.4 Å². The largest absolute Gasteiger partial charge is 0.494 e. The molecule has 1 aromatic heterocycles. The van der Waals surface area contributed by atoms with Crippen LogP contribution in [-0.2, 0) is 9.47 Å². The molecule has 0 unspecified atom stereocenters. The van der Waals surface area contributed by atoms with Crippen molar-refractivity contribution in [2.75, 3.05) is 25.1 Å². The second-order valence-electron chi connectivity index (χ2n) is 6.84. The molecule has 0 bridgehead atoms. The fraction of sp³-hybridized carbons (Fsp3) is 0.391. The summed E-state index contributed by atoms with van der Waals surface area (Å²) < 4.78 is 15.8. The van der Waals surface area contributed by atoms with Gasteiger partial charge in [-0.25, -0.2) is 9.59 Å². The van der Waals surface area contributed by atoms with Gasteiger partial charge >= 0.3 is 11.9 Å². The highest BCUT2D eigenvalue weighted by Gasteiger charge is 2.27. The van der Waals surface area contributed by atoms with Crippen LogP contribution < -0.4 is 15.4 Å². The molecule has 0 radical (unpaired) electrons. The summed E-state index contributed by atoms with van der Waals surface area (Å²) in [5.41, 5.74) is 0.990. The average molecular weight is 493 g/mol. The normalized spacial score (nSPS) is 10.3. The zero-order valence-corrected chi connectivity index (χ0v) is 20.7. The van der Waals surface area contributed by atoms with Crippen molar-refractivity contribution in [1.82, 2.24) is 5.32 Å². The minimum Gasteiger partial charge on any atom is -0.494 e. The van der Waals surface area contributed by atoms with Crippen LogP contribution in [0.25, 0.3) is 0 Å². The van der Waals surface area contributed by atoms with Crippen molar-refractivity contribution >= 4 is 51.5 Å². The highest BCUT2D eigenvalue weighted by Crippen LogP contribution is 2.34. The molecule has 0 aliphatic carbocycles. The van der Waals surface area contributed by atoms with Crippen LogP contribution in [0.1, 0.15) is 69.6 Å². The number of hydrogen-bond acceptors (Lipinski definition) is 8. The van der Waals surface area contributed by atoms with Crippen LogP contribution in [0.2, 0.25) is 0 Å². The lowest BCUT2D eigenvalue weighted by Crippen LogP contribution is -2.34. The van der Waals surface area contributed by atoms with Crippen molar-refractivity contribution in [2.45, 2.75) is 40.5 Å². The molecule has 33 heavy (non-hydrogen) atoms. The molecule has 10 heteroatoms. The molecule has 8 nitrogen and oxygen atoms in total. The van der Waals surface area contributed by atoms with Crippen LogP contribution in [0, 0.1) is 6.92 Å². The minimum atomic E-state index is -0.600. The molecule has 0 spiro atoms. The quantitative estimate of drug-likeness (QED) is 0.279. The highest BCUT2D eigenvalue weighted by atomic mass is 32.1. The molecule has 0 aliphatic heterocycles. The van der Waals surface area contributed by atoms with E-state index in [4.69, 9.17) is 26.4 Å². The Labute approximate surface area is 202 Å². The molecule has 178 valence electrons. The Balaban J connectivity index is 2.13. The second-order valence-corrected chi connectivity index (χ2v) is 8.26. The second kappa shape index (κ2) is 12.9. The van der Waals surface area contributed by atoms with Gasteiger partial charge in [0.2, 0.25) is 0 Å². The molecule has 0 saturated heterocycles. The van der Waals surface area contributed by atoms with Gasteiger partial charge in [0.25, 0.3) is 5.91 Å². The first-order chi connectivity index (χ1) is 15.8. The average Bonchev–Trinajstić information content (AvgIpc) is 3.10. The van der Waals surface area contributed by atoms with E-state index >= 15 is 0 Å². The maximum atomic E-state index is 12.6. The predicted octanol–water partition coefficient (Wildman–Crippen LogP) is 4.72. The monoisotopic (exact) mass is 492 g/mol. The number of ether oxygens (including phenoxy) is 3. The molecular weight excluding hydrogens is 464 g/mol. The van der Waals surface area contributed by atoms with Crippen molar-refractivity contribution in [1.29, 1.82) is 0 Å². The highest BCUT2D eigenvalue weighted by molar-refractivity contribution is 7.80. The van der Waals surface area contributed by atoms with E-state index in [0.29, 0.717) is 28.5 Å². The number of rotatable bonds is 10. The third-order valence-electron chi connectivity index (χ3n) is 4.42. The number of unbranched alkanes of at least 4 members (excludes halogenated alkanes) is 1. The first-order valence-electron chi connectivity index (χ1n) is 10.6. The molecule has 0 atom stereocenters. The Morgan fingerprint density at radius 3 is 2.24 bits per heavy atom. The van der Waals surface area contributed by atoms with Crippen LogP contribution in [0.15, 0.2) is 24.3 Å². The van der Waals surface area contributed by atoms with Crippen LogP contribution in [-0.4, -0.2) is 42.8 Å². The standard InChI is InChI=1S/C23H28N2O6S2/c1-5-8-13-31-16-11-9-15(10-12-16)19(26)24-23(32)25-20-17(21(27)29-6-2)14(4)18(33-20)22(28)30-7-3/h9-12H,5-8,13H2,1-4H3,(H2,24,25,26,32). The molecular formula is C23H28N2O6S2. The molecule has 2 aromatic rings. The van der Waals surface area contributed by atoms with Gasteiger partial charge in [-0.15, -0.1) is 11.3 Å². The number of esters is 2. The first kappa shape index (κ1) is 26.3. The van der Waals surface area contributed by atoms with E-state index in [1.807, 2.05) is 0 Å². The predicted molar refractivity (Wildman–Crippen MR) is 132 cm³/mol. The van der Waals surface area contributed by atoms with Crippen LogP contribution in [0.4, 0.5) is 5.00 Å². The molecule has 1 heterocycles. The Hall–Kier alpha value is -2.98. The van der Waals surface area contributed by atoms with Gasteiger partial charge in [0.1, 0.15) is 15.6 Å². The van der Waals surface area contributed by atoms with Gasteiger partial charge in [0.15, 0.2) is 5.11 Å². The van der Waals surface area contributed by atoms with Crippen molar-refractivity contribution in [3.8, 4) is 5.75 Å². The van der Waals surface area contributed by atoms with Crippen LogP contribution >= 0.6 is 23.6 Å². The summed E-state index contributed by atoms with van der Waals surface area (Å²) in [6.07, 6.45) is 1.99. The first-order valence-corrected chi connectivity index (χ1v) is 11.9. The molecule has 1 aromatic carbocycles. The molecule has 2 rings (SSSR count). The lowest BCUT2D eigenvalue weighted by atomic mass is 10.1. The molecule has 0 fully saturated rings. The number of hydrogen-bond donors (Lipinski definition) is 2. The summed E-state index contributed by atoms with van der Waals surface area (Å²) in [7, 11) is 0. The van der Waals surface area contributed by atoms with Crippen molar-refractivity contribution in [3.63, 3.8) is 0 Å². The van der Waals surface area contributed by atoms with E-state index < -0.39 is 17.8 Å². The number of benzene rings is 1. The number of thiocarbonyl (C=S) groups is 1. The number of nitrogens with one attached hydrogen (secondary N) is 2. The summed E-state index contributed by atoms with van der Waals surface area (Å²) in [5.74, 6) is -0.892. The zero-order chi connectivity index (χ0) is 24.4. The topological polar surface area (TPSA) is 103 Å². The van der Waals surface area contributed by atoms with E-state index in [2.05, 4.69) is 17.6 Å². The molecule has 0 saturated carbocycles. The van der Waals surface area contributed by atoms with E-state index in [0.717, 1.165) is 24.2 Å². The van der Waals surface area contributed by atoms with Gasteiger partial charge in [-0.3, -0.25) is 10.1 Å². The van der Waals surface area contributed by atoms with Gasteiger partial charge in [-0.2, -0.15) is 0 Å². The van der Waals surface area contributed by atoms with Gasteiger partial charge in [-0.1, -0.05) is 13.3 Å². The Morgan fingerprint density at radius 2 is 1.64 bits per heavy atom. The van der Waals surface area contributed by atoms with E-state index in [1.54, 1.807) is 45.0 Å². The van der Waals surface area contributed by atoms with Crippen molar-refractivity contribution in [2.24, 2.45) is 0 Å². The Kier molecular flexibility index (Phi) is 10.3. The fourth-order valence-electron chi connectivity index (χ4n) is 2.79. The third-order valence-corrected chi connectivity index (χ3v) is 5.82. The molecule has 0 aliphatic rings. The summed E-state index contributed by atoms with van der Waals surface area (Å²) in [4.78, 5) is 37.6. The number of carbonyl (C=O) groups excluding carboxylic acids is 3. The van der Waals surface area contributed by atoms with E-state index in [1.165, 1.54) is 0 Å². The van der Waals surface area contributed by atoms with Gasteiger partial charge in [0, 0.05) is 5.56 Å². The maximum Gasteiger partial charge on any atom is 0.348 e. The summed E-state index contributed by atoms with van der Waals surface area (Å²) >= 11 is 6.27. The smallest absolute Gasteiger partial charge is 0.348 e. The fourth-order valence-corrected chi connectivity index (χ4v) is 4.14. The summed E-state index contributed by atoms with van der Waals surface area (Å²) in [5, 5.41) is 5.68. The van der Waals surface area contributed by atoms with Crippen LogP contribution in [0.3, 0.4) is 0 Å². The summed E-state index contributed by atoms with van der Waals surface area (Å²) in [6.45, 7) is 8.08. The van der Waals surface area contributed by atoms with Crippen LogP contribution in [0.5, 0.6) is 5.75 Å². The minimum absolute atomic E-state index is 0.0227. The summed E-state index contributed by atoms with van der Waals surface area (Å²) in [6, 6.07) is 6.71. The van der Waals surface area contributed by atoms with Crippen molar-refractivity contribution < 1.29 is 28.6 Å². The Morgan fingerprint density at radius 1 is 1.00 bits per heavy atom. The third kappa shape index (κ3) is 7.26. The van der Waals surface area contributed by atoms with Crippen molar-refractivity contribution in [3.05, 3.63) is 45.8 Å². The lowest BCUT2D eigenvalue weighted by molar-refractivity contribution is 0.0527. The lowest BCUT2D eigenvalue weighted by Gasteiger charge is -2.11. The van der Waals surface area contributed by atoms with Gasteiger partial charge in [0.05, 0.1) is 25.4 Å². The number of anilines is 1. The zero-order valence-electron chi connectivity index (χ0n) is 19.1. The van der Waals surface area contributed by atoms with E-state index in [-0.39, 0.29) is 28.8 Å². The molecule has 2 N–H and O–H groups in total. The van der Waals surface area contributed by atoms with Gasteiger partial charge in [-0.05, 0) is 69.2 Å². The number of amides is 1. The SMILES string of the molecule is CCCCOc1ccc(C(=O)NC(=S)Nc2sc(C(=O)OCC)c(C)c2C(=O)OCC)cc1.